The number of Topliss-reactive ketones (excluding diaryl/α,β-unsaturated/α-hetero) is 1. The molecule has 0 atom stereocenters. The van der Waals surface area contributed by atoms with E-state index >= 15 is 0 Å². The zero-order valence-electron chi connectivity index (χ0n) is 17.3. The SMILES string of the molecule is CCCc1c(CSc2nnc(SCCCCCCC(=O)O)s2)ccc(C(C)=O)c1O. The van der Waals surface area contributed by atoms with Gasteiger partial charge in [0.25, 0.3) is 0 Å². The summed E-state index contributed by atoms with van der Waals surface area (Å²) in [6, 6.07) is 3.63. The molecule has 0 aliphatic rings. The lowest BCUT2D eigenvalue weighted by Crippen LogP contribution is -2.00. The number of carbonyl (C=O) groups excluding carboxylic acids is 1. The maximum absolute atomic E-state index is 11.7. The highest BCUT2D eigenvalue weighted by molar-refractivity contribution is 8.02. The van der Waals surface area contributed by atoms with E-state index in [0.717, 1.165) is 64.1 Å². The average molecular weight is 469 g/mol. The summed E-state index contributed by atoms with van der Waals surface area (Å²) in [5.74, 6) is 0.878. The molecule has 6 nitrogen and oxygen atoms in total. The van der Waals surface area contributed by atoms with Gasteiger partial charge >= 0.3 is 5.97 Å². The van der Waals surface area contributed by atoms with Gasteiger partial charge in [-0.3, -0.25) is 9.59 Å². The van der Waals surface area contributed by atoms with Crippen LogP contribution in [0, 0.1) is 0 Å². The lowest BCUT2D eigenvalue weighted by atomic mass is 9.98. The number of phenols is 1. The van der Waals surface area contributed by atoms with Gasteiger partial charge in [0.15, 0.2) is 14.5 Å². The minimum absolute atomic E-state index is 0.110. The second-order valence-corrected chi connectivity index (χ2v) is 10.5. The number of carbonyl (C=O) groups is 2. The standard InChI is InChI=1S/C21H28N2O4S3/c1-3-8-17-15(10-11-16(14(2)24)19(17)27)13-29-21-23-22-20(30-21)28-12-7-5-4-6-9-18(25)26/h10-11,27H,3-9,12-13H2,1-2H3,(H,25,26). The van der Waals surface area contributed by atoms with Crippen LogP contribution in [0.4, 0.5) is 0 Å². The first-order chi connectivity index (χ1) is 14.4. The Morgan fingerprint density at radius 1 is 1.07 bits per heavy atom. The largest absolute Gasteiger partial charge is 0.507 e. The van der Waals surface area contributed by atoms with Crippen molar-refractivity contribution in [3.63, 3.8) is 0 Å². The first-order valence-corrected chi connectivity index (χ1v) is 12.9. The average Bonchev–Trinajstić information content (AvgIpc) is 3.15. The highest BCUT2D eigenvalue weighted by atomic mass is 32.2. The molecule has 1 aromatic carbocycles. The Morgan fingerprint density at radius 3 is 2.43 bits per heavy atom. The Bertz CT molecular complexity index is 855. The van der Waals surface area contributed by atoms with E-state index in [4.69, 9.17) is 5.11 Å². The summed E-state index contributed by atoms with van der Waals surface area (Å²) in [6.45, 7) is 3.52. The molecule has 1 aromatic heterocycles. The maximum Gasteiger partial charge on any atom is 0.303 e. The van der Waals surface area contributed by atoms with Gasteiger partial charge in [-0.2, -0.15) is 0 Å². The van der Waals surface area contributed by atoms with Crippen LogP contribution in [0.5, 0.6) is 5.75 Å². The molecule has 0 unspecified atom stereocenters. The predicted molar refractivity (Wildman–Crippen MR) is 123 cm³/mol. The molecular weight excluding hydrogens is 440 g/mol. The number of aliphatic carboxylic acids is 1. The molecule has 2 aromatic rings. The maximum atomic E-state index is 11.7. The first-order valence-electron chi connectivity index (χ1n) is 10.1. The number of aromatic hydroxyl groups is 1. The van der Waals surface area contributed by atoms with Crippen LogP contribution in [0.25, 0.3) is 0 Å². The fourth-order valence-electron chi connectivity index (χ4n) is 2.97. The van der Waals surface area contributed by atoms with Crippen molar-refractivity contribution in [1.29, 1.82) is 0 Å². The van der Waals surface area contributed by atoms with E-state index in [0.29, 0.717) is 11.3 Å². The van der Waals surface area contributed by atoms with Crippen molar-refractivity contribution in [2.24, 2.45) is 0 Å². The molecule has 0 spiro atoms. The van der Waals surface area contributed by atoms with Crippen molar-refractivity contribution in [3.05, 3.63) is 28.8 Å². The number of nitrogens with zero attached hydrogens (tertiary/aromatic N) is 2. The second-order valence-electron chi connectivity index (χ2n) is 6.93. The van der Waals surface area contributed by atoms with E-state index in [1.807, 2.05) is 6.07 Å². The number of hydrogen-bond donors (Lipinski definition) is 2. The fourth-order valence-corrected chi connectivity index (χ4v) is 6.08. The molecule has 0 bridgehead atoms. The second kappa shape index (κ2) is 13.0. The van der Waals surface area contributed by atoms with E-state index in [9.17, 15) is 14.7 Å². The highest BCUT2D eigenvalue weighted by Gasteiger charge is 2.16. The smallest absolute Gasteiger partial charge is 0.303 e. The molecule has 0 amide bonds. The monoisotopic (exact) mass is 468 g/mol. The molecule has 9 heteroatoms. The van der Waals surface area contributed by atoms with Gasteiger partial charge in [-0.1, -0.05) is 67.1 Å². The normalized spacial score (nSPS) is 11.0. The summed E-state index contributed by atoms with van der Waals surface area (Å²) < 4.78 is 1.82. The van der Waals surface area contributed by atoms with E-state index in [2.05, 4.69) is 17.1 Å². The Labute approximate surface area is 189 Å². The van der Waals surface area contributed by atoms with Crippen LogP contribution < -0.4 is 0 Å². The number of carboxylic acid groups (broad SMARTS) is 1. The van der Waals surface area contributed by atoms with Gasteiger partial charge in [0.2, 0.25) is 0 Å². The summed E-state index contributed by atoms with van der Waals surface area (Å²) in [5.41, 5.74) is 2.25. The number of thioether (sulfide) groups is 2. The molecule has 0 aliphatic heterocycles. The number of rotatable bonds is 14. The Morgan fingerprint density at radius 2 is 1.77 bits per heavy atom. The minimum atomic E-state index is -0.727. The van der Waals surface area contributed by atoms with Crippen molar-refractivity contribution >= 4 is 46.6 Å². The number of unbranched alkanes of at least 4 members (excludes halogenated alkanes) is 3. The highest BCUT2D eigenvalue weighted by Crippen LogP contribution is 2.35. The van der Waals surface area contributed by atoms with Crippen molar-refractivity contribution in [3.8, 4) is 5.75 Å². The van der Waals surface area contributed by atoms with E-state index < -0.39 is 5.97 Å². The molecule has 2 N–H and O–H groups in total. The number of hydrogen-bond acceptors (Lipinski definition) is 8. The Hall–Kier alpha value is -1.58. The fraction of sp³-hybridized carbons (Fsp3) is 0.524. The molecule has 1 heterocycles. The van der Waals surface area contributed by atoms with Crippen molar-refractivity contribution in [2.45, 2.75) is 73.2 Å². The molecule has 0 saturated carbocycles. The van der Waals surface area contributed by atoms with Crippen molar-refractivity contribution in [1.82, 2.24) is 10.2 Å². The topological polar surface area (TPSA) is 100 Å². The van der Waals surface area contributed by atoms with Gasteiger partial charge < -0.3 is 10.2 Å². The zero-order chi connectivity index (χ0) is 21.9. The molecule has 164 valence electrons. The van der Waals surface area contributed by atoms with Gasteiger partial charge in [0, 0.05) is 17.9 Å². The Kier molecular flexibility index (Phi) is 10.7. The van der Waals surface area contributed by atoms with E-state index in [1.54, 1.807) is 40.9 Å². The Balaban J connectivity index is 1.83. The lowest BCUT2D eigenvalue weighted by Gasteiger charge is -2.12. The number of phenolic OH excluding ortho intramolecular Hbond substituents is 1. The third kappa shape index (κ3) is 7.92. The third-order valence-electron chi connectivity index (χ3n) is 4.51. The van der Waals surface area contributed by atoms with Crippen LogP contribution in [0.15, 0.2) is 20.8 Å². The van der Waals surface area contributed by atoms with Gasteiger partial charge in [0.1, 0.15) is 5.75 Å². The number of ketones is 1. The van der Waals surface area contributed by atoms with Crippen LogP contribution in [-0.2, 0) is 17.0 Å². The zero-order valence-corrected chi connectivity index (χ0v) is 19.8. The molecule has 30 heavy (non-hydrogen) atoms. The number of aromatic nitrogens is 2. The summed E-state index contributed by atoms with van der Waals surface area (Å²) in [5, 5.41) is 27.6. The van der Waals surface area contributed by atoms with Gasteiger partial charge in [-0.25, -0.2) is 0 Å². The minimum Gasteiger partial charge on any atom is -0.507 e. The summed E-state index contributed by atoms with van der Waals surface area (Å²) >= 11 is 4.84. The van der Waals surface area contributed by atoms with Crippen LogP contribution >= 0.6 is 34.9 Å². The first kappa shape index (κ1) is 24.7. The summed E-state index contributed by atoms with van der Waals surface area (Å²) in [4.78, 5) is 22.2. The quantitative estimate of drug-likeness (QED) is 0.203. The van der Waals surface area contributed by atoms with Gasteiger partial charge in [-0.15, -0.1) is 10.2 Å². The molecule has 2 rings (SSSR count). The predicted octanol–water partition coefficient (Wildman–Crippen LogP) is 5.82. The van der Waals surface area contributed by atoms with Crippen LogP contribution in [0.3, 0.4) is 0 Å². The van der Waals surface area contributed by atoms with Crippen LogP contribution in [-0.4, -0.2) is 37.9 Å². The molecule has 0 saturated heterocycles. The number of carboxylic acids is 1. The van der Waals surface area contributed by atoms with E-state index in [1.165, 1.54) is 6.92 Å². The molecule has 0 fully saturated rings. The summed E-state index contributed by atoms with van der Waals surface area (Å²) in [6.07, 6.45) is 5.62. The summed E-state index contributed by atoms with van der Waals surface area (Å²) in [7, 11) is 0. The molecule has 0 aliphatic carbocycles. The van der Waals surface area contributed by atoms with Crippen molar-refractivity contribution in [2.75, 3.05) is 5.75 Å². The molecule has 0 radical (unpaired) electrons. The molecular formula is C21H28N2O4S3. The number of benzene rings is 1. The lowest BCUT2D eigenvalue weighted by molar-refractivity contribution is -0.137. The van der Waals surface area contributed by atoms with Crippen LogP contribution in [0.1, 0.15) is 73.9 Å². The van der Waals surface area contributed by atoms with Gasteiger partial charge in [-0.05, 0) is 43.4 Å². The van der Waals surface area contributed by atoms with Crippen molar-refractivity contribution < 1.29 is 19.8 Å². The van der Waals surface area contributed by atoms with Crippen LogP contribution in [0.2, 0.25) is 0 Å². The van der Waals surface area contributed by atoms with Gasteiger partial charge in [0.05, 0.1) is 5.56 Å². The third-order valence-corrected chi connectivity index (χ3v) is 7.83. The van der Waals surface area contributed by atoms with E-state index in [-0.39, 0.29) is 18.0 Å².